The average molecular weight is 387 g/mol. The van der Waals surface area contributed by atoms with Gasteiger partial charge >= 0.3 is 0 Å². The van der Waals surface area contributed by atoms with E-state index in [0.717, 1.165) is 12.8 Å². The van der Waals surface area contributed by atoms with Gasteiger partial charge in [0.1, 0.15) is 0 Å². The first-order valence-corrected chi connectivity index (χ1v) is 11.5. The minimum absolute atomic E-state index is 0.0936. The van der Waals surface area contributed by atoms with Crippen LogP contribution < -0.4 is 10.6 Å². The Morgan fingerprint density at radius 1 is 0.704 bits per heavy atom. The number of hydrogen-bond acceptors (Lipinski definition) is 4. The second-order valence-electron chi connectivity index (χ2n) is 7.73. The molecule has 0 heterocycles. The van der Waals surface area contributed by atoms with Gasteiger partial charge in [0.05, 0.1) is 0 Å². The summed E-state index contributed by atoms with van der Waals surface area (Å²) >= 11 is 0. The molecule has 0 aromatic heterocycles. The van der Waals surface area contributed by atoms with Gasteiger partial charge in [-0.25, -0.2) is 0 Å². The Morgan fingerprint density at radius 3 is 1.59 bits per heavy atom. The Hall–Kier alpha value is -0.650. The Balaban J connectivity index is 3.12. The smallest absolute Gasteiger partial charge is 0.220 e. The maximum atomic E-state index is 11.6. The number of carbonyl (C=O) groups is 1. The lowest BCUT2D eigenvalue weighted by Crippen LogP contribution is -2.35. The van der Waals surface area contributed by atoms with Crippen molar-refractivity contribution in [1.29, 1.82) is 0 Å². The number of aliphatic hydroxyl groups excluding tert-OH is 1. The summed E-state index contributed by atoms with van der Waals surface area (Å²) < 4.78 is 0. The standard InChI is InChI=1S/C22H46N2O3/c1-2-3-4-5-6-7-8-9-10-11-12-13-14-15-16-17-21(25)24-19-18-23-20-22(26)27/h22-23,26-27H,2-20H2,1H3,(H,24,25). The van der Waals surface area contributed by atoms with Crippen LogP contribution in [0, 0.1) is 0 Å². The maximum Gasteiger partial charge on any atom is 0.220 e. The van der Waals surface area contributed by atoms with Crippen LogP contribution in [0.15, 0.2) is 0 Å². The molecule has 0 aliphatic heterocycles. The Bertz CT molecular complexity index is 312. The van der Waals surface area contributed by atoms with Gasteiger partial charge in [0, 0.05) is 26.1 Å². The van der Waals surface area contributed by atoms with E-state index < -0.39 is 6.29 Å². The molecular formula is C22H46N2O3. The zero-order chi connectivity index (χ0) is 20.0. The van der Waals surface area contributed by atoms with Crippen LogP contribution in [0.25, 0.3) is 0 Å². The topological polar surface area (TPSA) is 81.6 Å². The van der Waals surface area contributed by atoms with Gasteiger partial charge in [-0.05, 0) is 6.42 Å². The second-order valence-corrected chi connectivity index (χ2v) is 7.73. The summed E-state index contributed by atoms with van der Waals surface area (Å²) in [6.07, 6.45) is 19.2. The van der Waals surface area contributed by atoms with E-state index in [-0.39, 0.29) is 12.5 Å². The summed E-state index contributed by atoms with van der Waals surface area (Å²) in [6, 6.07) is 0. The Labute approximate surface area is 167 Å². The van der Waals surface area contributed by atoms with E-state index in [2.05, 4.69) is 17.6 Å². The molecule has 0 bridgehead atoms. The highest BCUT2D eigenvalue weighted by Crippen LogP contribution is 2.13. The van der Waals surface area contributed by atoms with Crippen LogP contribution in [0.1, 0.15) is 110 Å². The van der Waals surface area contributed by atoms with Gasteiger partial charge in [-0.1, -0.05) is 96.8 Å². The van der Waals surface area contributed by atoms with Crippen molar-refractivity contribution in [2.45, 2.75) is 116 Å². The molecule has 0 saturated carbocycles. The predicted octanol–water partition coefficient (Wildman–Crippen LogP) is 4.26. The van der Waals surface area contributed by atoms with Crippen LogP contribution in [0.2, 0.25) is 0 Å². The summed E-state index contributed by atoms with van der Waals surface area (Å²) in [5.74, 6) is 0.0936. The monoisotopic (exact) mass is 386 g/mol. The van der Waals surface area contributed by atoms with E-state index in [4.69, 9.17) is 10.2 Å². The fraction of sp³-hybridized carbons (Fsp3) is 0.955. The van der Waals surface area contributed by atoms with E-state index in [1.807, 2.05) is 0 Å². The van der Waals surface area contributed by atoms with Gasteiger partial charge in [0.2, 0.25) is 5.91 Å². The lowest BCUT2D eigenvalue weighted by Gasteiger charge is -2.07. The quantitative estimate of drug-likeness (QED) is 0.175. The number of amides is 1. The van der Waals surface area contributed by atoms with E-state index in [0.29, 0.717) is 19.5 Å². The normalized spacial score (nSPS) is 11.3. The molecule has 5 nitrogen and oxygen atoms in total. The minimum Gasteiger partial charge on any atom is -0.367 e. The van der Waals surface area contributed by atoms with Crippen molar-refractivity contribution < 1.29 is 15.0 Å². The number of hydrogen-bond donors (Lipinski definition) is 4. The molecule has 0 aromatic carbocycles. The summed E-state index contributed by atoms with van der Waals surface area (Å²) in [6.45, 7) is 3.49. The summed E-state index contributed by atoms with van der Waals surface area (Å²) in [5.41, 5.74) is 0. The molecule has 0 atom stereocenters. The van der Waals surface area contributed by atoms with E-state index in [1.54, 1.807) is 0 Å². The highest BCUT2D eigenvalue weighted by Gasteiger charge is 2.01. The molecule has 4 N–H and O–H groups in total. The lowest BCUT2D eigenvalue weighted by atomic mass is 10.0. The molecule has 0 aromatic rings. The van der Waals surface area contributed by atoms with Crippen molar-refractivity contribution in [2.75, 3.05) is 19.6 Å². The third-order valence-electron chi connectivity index (χ3n) is 4.96. The van der Waals surface area contributed by atoms with Crippen molar-refractivity contribution in [3.63, 3.8) is 0 Å². The molecule has 1 amide bonds. The van der Waals surface area contributed by atoms with E-state index >= 15 is 0 Å². The van der Waals surface area contributed by atoms with Crippen molar-refractivity contribution in [3.8, 4) is 0 Å². The molecule has 0 radical (unpaired) electrons. The van der Waals surface area contributed by atoms with Gasteiger partial charge in [-0.3, -0.25) is 4.79 Å². The number of nitrogens with one attached hydrogen (secondary N) is 2. The molecule has 162 valence electrons. The minimum atomic E-state index is -1.33. The van der Waals surface area contributed by atoms with Crippen LogP contribution >= 0.6 is 0 Å². The summed E-state index contributed by atoms with van der Waals surface area (Å²) in [5, 5.41) is 23.0. The lowest BCUT2D eigenvalue weighted by molar-refractivity contribution is -0.121. The summed E-state index contributed by atoms with van der Waals surface area (Å²) in [4.78, 5) is 11.6. The van der Waals surface area contributed by atoms with Crippen LogP contribution in [0.3, 0.4) is 0 Å². The van der Waals surface area contributed by atoms with Crippen molar-refractivity contribution in [3.05, 3.63) is 0 Å². The second kappa shape index (κ2) is 21.6. The molecule has 0 saturated heterocycles. The number of aliphatic hydroxyl groups is 2. The molecule has 0 spiro atoms. The van der Waals surface area contributed by atoms with Crippen molar-refractivity contribution in [1.82, 2.24) is 10.6 Å². The molecular weight excluding hydrogens is 340 g/mol. The van der Waals surface area contributed by atoms with Gasteiger partial charge in [-0.15, -0.1) is 0 Å². The first-order valence-electron chi connectivity index (χ1n) is 11.5. The molecule has 0 fully saturated rings. The third-order valence-corrected chi connectivity index (χ3v) is 4.96. The zero-order valence-electron chi connectivity index (χ0n) is 17.8. The first kappa shape index (κ1) is 26.4. The van der Waals surface area contributed by atoms with Crippen molar-refractivity contribution in [2.24, 2.45) is 0 Å². The van der Waals surface area contributed by atoms with Crippen LogP contribution in [-0.2, 0) is 4.79 Å². The highest BCUT2D eigenvalue weighted by molar-refractivity contribution is 5.75. The van der Waals surface area contributed by atoms with Crippen LogP contribution in [-0.4, -0.2) is 42.0 Å². The maximum absolute atomic E-state index is 11.6. The van der Waals surface area contributed by atoms with Gasteiger partial charge in [-0.2, -0.15) is 0 Å². The van der Waals surface area contributed by atoms with Crippen LogP contribution in [0.4, 0.5) is 0 Å². The fourth-order valence-corrected chi connectivity index (χ4v) is 3.27. The largest absolute Gasteiger partial charge is 0.367 e. The van der Waals surface area contributed by atoms with Crippen LogP contribution in [0.5, 0.6) is 0 Å². The molecule has 5 heteroatoms. The fourth-order valence-electron chi connectivity index (χ4n) is 3.27. The SMILES string of the molecule is CCCCCCCCCCCCCCCCCC(=O)NCCNCC(O)O. The van der Waals surface area contributed by atoms with Crippen molar-refractivity contribution >= 4 is 5.91 Å². The number of rotatable bonds is 21. The number of carbonyl (C=O) groups excluding carboxylic acids is 1. The number of unbranched alkanes of at least 4 members (excludes halogenated alkanes) is 14. The zero-order valence-corrected chi connectivity index (χ0v) is 17.8. The highest BCUT2D eigenvalue weighted by atomic mass is 16.5. The molecule has 0 rings (SSSR count). The Morgan fingerprint density at radius 2 is 1.15 bits per heavy atom. The van der Waals surface area contributed by atoms with Gasteiger partial charge in [0.25, 0.3) is 0 Å². The average Bonchev–Trinajstić information content (AvgIpc) is 2.64. The van der Waals surface area contributed by atoms with Gasteiger partial charge in [0.15, 0.2) is 6.29 Å². The molecule has 27 heavy (non-hydrogen) atoms. The van der Waals surface area contributed by atoms with E-state index in [9.17, 15) is 4.79 Å². The first-order chi connectivity index (χ1) is 13.2. The third kappa shape index (κ3) is 23.3. The predicted molar refractivity (Wildman–Crippen MR) is 114 cm³/mol. The van der Waals surface area contributed by atoms with E-state index in [1.165, 1.54) is 83.5 Å². The molecule has 0 aliphatic rings. The molecule has 0 aliphatic carbocycles. The summed E-state index contributed by atoms with van der Waals surface area (Å²) in [7, 11) is 0. The Kier molecular flexibility index (Phi) is 21.1. The molecule has 0 unspecified atom stereocenters. The van der Waals surface area contributed by atoms with Gasteiger partial charge < -0.3 is 20.8 Å².